The Morgan fingerprint density at radius 1 is 1.67 bits per heavy atom. The van der Waals surface area contributed by atoms with Crippen molar-refractivity contribution in [3.05, 3.63) is 5.01 Å². The Morgan fingerprint density at radius 3 is 2.75 bits per heavy atom. The van der Waals surface area contributed by atoms with Crippen LogP contribution in [0.15, 0.2) is 4.34 Å². The summed E-state index contributed by atoms with van der Waals surface area (Å²) >= 11 is 2.63. The number of nitrogens with zero attached hydrogens (tertiary/aromatic N) is 2. The molecule has 0 aliphatic rings. The molecule has 0 aliphatic carbocycles. The molecule has 0 aromatic carbocycles. The van der Waals surface area contributed by atoms with Gasteiger partial charge >= 0.3 is 5.97 Å². The summed E-state index contributed by atoms with van der Waals surface area (Å²) in [6.45, 7) is 3.47. The average molecular weight is 204 g/mol. The molecule has 0 saturated heterocycles. The van der Waals surface area contributed by atoms with Gasteiger partial charge in [0.15, 0.2) is 4.34 Å². The summed E-state index contributed by atoms with van der Waals surface area (Å²) < 4.78 is 0.711. The smallest absolute Gasteiger partial charge is 0.316 e. The monoisotopic (exact) mass is 204 g/mol. The van der Waals surface area contributed by atoms with E-state index in [1.165, 1.54) is 23.1 Å². The maximum absolute atomic E-state index is 10.4. The largest absolute Gasteiger partial charge is 0.480 e. The van der Waals surface area contributed by atoms with Gasteiger partial charge in [-0.15, -0.1) is 10.2 Å². The fraction of sp³-hybridized carbons (Fsp3) is 0.500. The molecule has 1 aromatic heterocycles. The predicted octanol–water partition coefficient (Wildman–Crippen LogP) is 1.41. The zero-order valence-electron chi connectivity index (χ0n) is 6.64. The van der Waals surface area contributed by atoms with Gasteiger partial charge in [-0.3, -0.25) is 4.79 Å². The Balaban J connectivity index is 2.58. The molecular weight excluding hydrogens is 196 g/mol. The second kappa shape index (κ2) is 3.86. The molecule has 1 atom stereocenters. The zero-order valence-corrected chi connectivity index (χ0v) is 8.28. The molecule has 1 N–H and O–H groups in total. The molecular formula is C6H8N2O2S2. The lowest BCUT2D eigenvalue weighted by atomic mass is 10.5. The minimum absolute atomic E-state index is 0.461. The summed E-state index contributed by atoms with van der Waals surface area (Å²) in [5.74, 6) is -0.826. The van der Waals surface area contributed by atoms with Crippen LogP contribution in [-0.4, -0.2) is 26.5 Å². The van der Waals surface area contributed by atoms with Crippen molar-refractivity contribution in [3.8, 4) is 0 Å². The second-order valence-electron chi connectivity index (χ2n) is 2.19. The van der Waals surface area contributed by atoms with Crippen molar-refractivity contribution in [2.45, 2.75) is 23.4 Å². The third kappa shape index (κ3) is 2.46. The summed E-state index contributed by atoms with van der Waals surface area (Å²) in [7, 11) is 0. The van der Waals surface area contributed by atoms with E-state index in [0.717, 1.165) is 5.01 Å². The Labute approximate surface area is 78.0 Å². The number of carbonyl (C=O) groups is 1. The topological polar surface area (TPSA) is 63.1 Å². The van der Waals surface area contributed by atoms with E-state index < -0.39 is 11.2 Å². The van der Waals surface area contributed by atoms with Gasteiger partial charge in [0.2, 0.25) is 0 Å². The molecule has 0 unspecified atom stereocenters. The Kier molecular flexibility index (Phi) is 3.05. The summed E-state index contributed by atoms with van der Waals surface area (Å²) in [4.78, 5) is 10.4. The minimum atomic E-state index is -0.826. The molecule has 0 radical (unpaired) electrons. The van der Waals surface area contributed by atoms with Gasteiger partial charge in [0.25, 0.3) is 0 Å². The van der Waals surface area contributed by atoms with Crippen LogP contribution >= 0.6 is 23.1 Å². The highest BCUT2D eigenvalue weighted by Gasteiger charge is 2.14. The lowest BCUT2D eigenvalue weighted by molar-refractivity contribution is -0.136. The summed E-state index contributed by atoms with van der Waals surface area (Å²) in [5.41, 5.74) is 0. The summed E-state index contributed by atoms with van der Waals surface area (Å²) in [6.07, 6.45) is 0. The fourth-order valence-corrected chi connectivity index (χ4v) is 2.42. The third-order valence-corrected chi connectivity index (χ3v) is 3.14. The van der Waals surface area contributed by atoms with Crippen LogP contribution in [0.25, 0.3) is 0 Å². The van der Waals surface area contributed by atoms with Crippen molar-refractivity contribution in [1.29, 1.82) is 0 Å². The van der Waals surface area contributed by atoms with E-state index in [-0.39, 0.29) is 0 Å². The number of carboxylic acids is 1. The van der Waals surface area contributed by atoms with Crippen molar-refractivity contribution < 1.29 is 9.90 Å². The van der Waals surface area contributed by atoms with Crippen LogP contribution < -0.4 is 0 Å². The van der Waals surface area contributed by atoms with Crippen molar-refractivity contribution in [2.24, 2.45) is 0 Å². The highest BCUT2D eigenvalue weighted by atomic mass is 32.2. The Hall–Kier alpha value is -0.620. The molecule has 12 heavy (non-hydrogen) atoms. The first-order valence-electron chi connectivity index (χ1n) is 3.29. The van der Waals surface area contributed by atoms with Gasteiger partial charge in [-0.25, -0.2) is 0 Å². The van der Waals surface area contributed by atoms with Gasteiger partial charge < -0.3 is 5.11 Å². The van der Waals surface area contributed by atoms with Gasteiger partial charge in [0, 0.05) is 0 Å². The quantitative estimate of drug-likeness (QED) is 0.754. The number of rotatable bonds is 3. The first-order valence-corrected chi connectivity index (χ1v) is 4.99. The van der Waals surface area contributed by atoms with Gasteiger partial charge in [0.1, 0.15) is 10.3 Å². The number of aliphatic carboxylic acids is 1. The number of hydrogen-bond donors (Lipinski definition) is 1. The molecule has 0 aliphatic heterocycles. The highest BCUT2D eigenvalue weighted by molar-refractivity contribution is 8.02. The molecule has 1 heterocycles. The molecule has 66 valence electrons. The van der Waals surface area contributed by atoms with Crippen LogP contribution in [-0.2, 0) is 4.79 Å². The third-order valence-electron chi connectivity index (χ3n) is 1.13. The molecule has 0 saturated carbocycles. The second-order valence-corrected chi connectivity index (χ2v) is 4.95. The molecule has 1 rings (SSSR count). The van der Waals surface area contributed by atoms with Gasteiger partial charge in [-0.1, -0.05) is 23.1 Å². The van der Waals surface area contributed by atoms with Gasteiger partial charge in [-0.2, -0.15) is 0 Å². The Morgan fingerprint density at radius 2 is 2.33 bits per heavy atom. The van der Waals surface area contributed by atoms with Crippen LogP contribution in [0.4, 0.5) is 0 Å². The number of aryl methyl sites for hydroxylation is 1. The number of aromatic nitrogens is 2. The number of hydrogen-bond acceptors (Lipinski definition) is 5. The first kappa shape index (κ1) is 9.47. The lowest BCUT2D eigenvalue weighted by Crippen LogP contribution is -2.10. The van der Waals surface area contributed by atoms with E-state index in [0.29, 0.717) is 4.34 Å². The molecule has 0 amide bonds. The van der Waals surface area contributed by atoms with Gasteiger partial charge in [0.05, 0.1) is 0 Å². The summed E-state index contributed by atoms with van der Waals surface area (Å²) in [6, 6.07) is 0. The molecule has 0 fully saturated rings. The number of thioether (sulfide) groups is 1. The van der Waals surface area contributed by atoms with Gasteiger partial charge in [-0.05, 0) is 13.8 Å². The maximum Gasteiger partial charge on any atom is 0.316 e. The van der Waals surface area contributed by atoms with Crippen LogP contribution in [0.2, 0.25) is 0 Å². The molecule has 1 aromatic rings. The lowest BCUT2D eigenvalue weighted by Gasteiger charge is -1.99. The van der Waals surface area contributed by atoms with Crippen molar-refractivity contribution in [2.75, 3.05) is 0 Å². The molecule has 0 spiro atoms. The highest BCUT2D eigenvalue weighted by Crippen LogP contribution is 2.25. The van der Waals surface area contributed by atoms with E-state index in [2.05, 4.69) is 10.2 Å². The van der Waals surface area contributed by atoms with E-state index in [4.69, 9.17) is 5.11 Å². The normalized spacial score (nSPS) is 12.8. The van der Waals surface area contributed by atoms with E-state index in [1.807, 2.05) is 6.92 Å². The fourth-order valence-electron chi connectivity index (χ4n) is 0.528. The SMILES string of the molecule is Cc1nnc(S[C@@H](C)C(=O)O)s1. The standard InChI is InChI=1S/C6H8N2O2S2/c1-3(5(9)10)11-6-8-7-4(2)12-6/h3H,1-2H3,(H,9,10)/t3-/m0/s1. The van der Waals surface area contributed by atoms with Crippen molar-refractivity contribution in [1.82, 2.24) is 10.2 Å². The predicted molar refractivity (Wildman–Crippen MR) is 47.6 cm³/mol. The molecule has 0 bridgehead atoms. The van der Waals surface area contributed by atoms with Crippen LogP contribution in [0, 0.1) is 6.92 Å². The molecule has 4 nitrogen and oxygen atoms in total. The first-order chi connectivity index (χ1) is 5.59. The van der Waals surface area contributed by atoms with E-state index >= 15 is 0 Å². The van der Waals surface area contributed by atoms with Crippen molar-refractivity contribution >= 4 is 29.1 Å². The van der Waals surface area contributed by atoms with Crippen LogP contribution in [0.5, 0.6) is 0 Å². The maximum atomic E-state index is 10.4. The zero-order chi connectivity index (χ0) is 9.14. The Bertz CT molecular complexity index is 287. The average Bonchev–Trinajstić information content (AvgIpc) is 2.35. The number of carboxylic acid groups (broad SMARTS) is 1. The minimum Gasteiger partial charge on any atom is -0.480 e. The van der Waals surface area contributed by atoms with Crippen LogP contribution in [0.3, 0.4) is 0 Å². The van der Waals surface area contributed by atoms with E-state index in [1.54, 1.807) is 6.92 Å². The van der Waals surface area contributed by atoms with Crippen molar-refractivity contribution in [3.63, 3.8) is 0 Å². The van der Waals surface area contributed by atoms with Crippen LogP contribution in [0.1, 0.15) is 11.9 Å². The summed E-state index contributed by atoms with van der Waals surface area (Å²) in [5, 5.41) is 16.6. The van der Waals surface area contributed by atoms with E-state index in [9.17, 15) is 4.79 Å². The molecule has 6 heteroatoms.